The second-order valence-corrected chi connectivity index (χ2v) is 12.5. The van der Waals surface area contributed by atoms with E-state index in [0.717, 1.165) is 6.07 Å². The number of nitrogens with one attached hydrogen (secondary N) is 1. The molecule has 2 amide bonds. The molecule has 1 N–H and O–H groups in total. The van der Waals surface area contributed by atoms with Gasteiger partial charge in [-0.25, -0.2) is 9.36 Å². The Balaban J connectivity index is 1.59. The number of aromatic nitrogens is 4. The molecule has 1 fully saturated rings. The third-order valence-corrected chi connectivity index (χ3v) is 7.97. The van der Waals surface area contributed by atoms with Crippen molar-refractivity contribution in [1.29, 1.82) is 0 Å². The zero-order valence-electron chi connectivity index (χ0n) is 26.5. The van der Waals surface area contributed by atoms with E-state index >= 15 is 8.78 Å². The molecule has 0 bridgehead atoms. The van der Waals surface area contributed by atoms with Crippen LogP contribution in [0.1, 0.15) is 51.2 Å². The average Bonchev–Trinajstić information content (AvgIpc) is 3.46. The minimum absolute atomic E-state index is 0.0138. The first kappa shape index (κ1) is 35.1. The number of rotatable bonds is 6. The topological polar surface area (TPSA) is 123 Å². The van der Waals surface area contributed by atoms with Crippen molar-refractivity contribution in [2.45, 2.75) is 58.4 Å². The lowest BCUT2D eigenvalue weighted by Gasteiger charge is -2.37. The lowest BCUT2D eigenvalue weighted by Crippen LogP contribution is -2.52. The van der Waals surface area contributed by atoms with E-state index in [0.29, 0.717) is 39.8 Å². The maximum Gasteiger partial charge on any atom is 0.416 e. The zero-order valence-corrected chi connectivity index (χ0v) is 27.2. The highest BCUT2D eigenvalue weighted by molar-refractivity contribution is 6.33. The normalized spacial score (nSPS) is 16.2. The van der Waals surface area contributed by atoms with E-state index in [1.807, 2.05) is 5.32 Å². The quantitative estimate of drug-likeness (QED) is 0.349. The van der Waals surface area contributed by atoms with E-state index in [4.69, 9.17) is 21.1 Å². The smallest absolute Gasteiger partial charge is 0.416 e. The minimum atomic E-state index is -4.76. The summed E-state index contributed by atoms with van der Waals surface area (Å²) in [6, 6.07) is -2.60. The van der Waals surface area contributed by atoms with Crippen molar-refractivity contribution >= 4 is 46.3 Å². The van der Waals surface area contributed by atoms with E-state index in [9.17, 15) is 27.6 Å². The summed E-state index contributed by atoms with van der Waals surface area (Å²) in [6.07, 6.45) is -3.50. The number of amides is 2. The highest BCUT2D eigenvalue weighted by Crippen LogP contribution is 2.36. The van der Waals surface area contributed by atoms with Gasteiger partial charge >= 0.3 is 24.2 Å². The van der Waals surface area contributed by atoms with Crippen LogP contribution in [0.4, 0.5) is 38.1 Å². The second-order valence-electron chi connectivity index (χ2n) is 12.1. The predicted molar refractivity (Wildman–Crippen MR) is 165 cm³/mol. The molecule has 4 heterocycles. The highest BCUT2D eigenvalue weighted by Gasteiger charge is 2.46. The van der Waals surface area contributed by atoms with Crippen LogP contribution in [-0.2, 0) is 32.9 Å². The van der Waals surface area contributed by atoms with Crippen molar-refractivity contribution in [3.05, 3.63) is 56.7 Å². The average molecular weight is 702 g/mol. The van der Waals surface area contributed by atoms with Crippen LogP contribution in [0, 0.1) is 0 Å². The summed E-state index contributed by atoms with van der Waals surface area (Å²) in [5, 5.41) is 5.56. The van der Waals surface area contributed by atoms with Gasteiger partial charge in [0.25, 0.3) is 5.56 Å². The fraction of sp³-hybridized carbons (Fsp3) is 0.500. The third-order valence-electron chi connectivity index (χ3n) is 7.66. The molecule has 0 unspecified atom stereocenters. The Labute approximate surface area is 276 Å². The number of nitrogens with zero attached hydrogens (tertiary/aromatic N) is 6. The monoisotopic (exact) mass is 701 g/mol. The van der Waals surface area contributed by atoms with E-state index in [1.54, 1.807) is 26.8 Å². The standard InChI is InChI=1S/C30H33ClF5N7O5/c1-5-21-22(40-10-12-41(13-11-40)27(46)48-28(2,3)4)24(44)43-26(38-23(39-43)17-8-14-47-15-9-17)42(21)30(35,36)25(45)37-20-7-6-18(16-19(20)31)29(32,33)34/h6-8,16H,5,9-15H2,1-4H3,(H,37,45). The SMILES string of the molecule is CCc1c(N2CCN(C(=O)OC(C)(C)C)CC2)c(=O)n2nc(C3=CCOCC3)nc2n1C(F)(F)C(=O)Nc1ccc(C(F)(F)F)cc1Cl. The maximum atomic E-state index is 16.5. The Hall–Kier alpha value is -4.25. The number of piperazine rings is 1. The first-order chi connectivity index (χ1) is 22.4. The molecule has 2 aromatic heterocycles. The van der Waals surface area contributed by atoms with Gasteiger partial charge in [0.05, 0.1) is 35.2 Å². The Kier molecular flexibility index (Phi) is 9.49. The first-order valence-corrected chi connectivity index (χ1v) is 15.4. The van der Waals surface area contributed by atoms with Gasteiger partial charge in [-0.05, 0) is 57.4 Å². The molecule has 0 aliphatic carbocycles. The van der Waals surface area contributed by atoms with Crippen LogP contribution in [0.3, 0.4) is 0 Å². The molecule has 260 valence electrons. The highest BCUT2D eigenvalue weighted by atomic mass is 35.5. The predicted octanol–water partition coefficient (Wildman–Crippen LogP) is 5.17. The van der Waals surface area contributed by atoms with E-state index in [1.165, 1.54) is 16.7 Å². The number of benzene rings is 1. The molecule has 0 radical (unpaired) electrons. The van der Waals surface area contributed by atoms with Gasteiger partial charge in [-0.3, -0.25) is 9.59 Å². The summed E-state index contributed by atoms with van der Waals surface area (Å²) in [5.41, 5.74) is -3.02. The van der Waals surface area contributed by atoms with Gasteiger partial charge in [-0.2, -0.15) is 31.5 Å². The number of alkyl halides is 5. The number of fused-ring (bicyclic) bond motifs is 1. The second kappa shape index (κ2) is 13.0. The van der Waals surface area contributed by atoms with Crippen molar-refractivity contribution in [2.24, 2.45) is 0 Å². The molecule has 0 spiro atoms. The number of hydrogen-bond acceptors (Lipinski definition) is 8. The number of carbonyl (C=O) groups excluding carboxylic acids is 2. The molecular formula is C30H33ClF5N7O5. The largest absolute Gasteiger partial charge is 0.444 e. The molecule has 3 aromatic rings. The number of hydrogen-bond donors (Lipinski definition) is 1. The van der Waals surface area contributed by atoms with Crippen molar-refractivity contribution in [2.75, 3.05) is 49.6 Å². The lowest BCUT2D eigenvalue weighted by atomic mass is 10.1. The number of ether oxygens (including phenoxy) is 2. The Bertz CT molecular complexity index is 1830. The molecule has 12 nitrogen and oxygen atoms in total. The van der Waals surface area contributed by atoms with Crippen LogP contribution in [0.2, 0.25) is 5.02 Å². The van der Waals surface area contributed by atoms with E-state index in [-0.39, 0.29) is 56.4 Å². The van der Waals surface area contributed by atoms with Gasteiger partial charge in [0.2, 0.25) is 5.78 Å². The van der Waals surface area contributed by atoms with Crippen molar-refractivity contribution in [3.8, 4) is 0 Å². The number of carbonyl (C=O) groups is 2. The fourth-order valence-electron chi connectivity index (χ4n) is 5.37. The molecule has 0 saturated carbocycles. The summed E-state index contributed by atoms with van der Waals surface area (Å²) >= 11 is 5.94. The van der Waals surface area contributed by atoms with Crippen LogP contribution in [-0.4, -0.2) is 81.1 Å². The van der Waals surface area contributed by atoms with Gasteiger partial charge in [0.1, 0.15) is 11.3 Å². The van der Waals surface area contributed by atoms with Crippen LogP contribution in [0.15, 0.2) is 29.1 Å². The van der Waals surface area contributed by atoms with Crippen molar-refractivity contribution < 1.29 is 41.0 Å². The molecule has 48 heavy (non-hydrogen) atoms. The van der Waals surface area contributed by atoms with E-state index < -0.39 is 57.4 Å². The van der Waals surface area contributed by atoms with Crippen LogP contribution < -0.4 is 15.8 Å². The van der Waals surface area contributed by atoms with Gasteiger partial charge < -0.3 is 24.6 Å². The first-order valence-electron chi connectivity index (χ1n) is 15.0. The number of anilines is 2. The Morgan fingerprint density at radius 3 is 2.33 bits per heavy atom. The van der Waals surface area contributed by atoms with Gasteiger partial charge in [0.15, 0.2) is 5.82 Å². The molecule has 5 rings (SSSR count). The molecule has 1 aromatic carbocycles. The maximum absolute atomic E-state index is 16.5. The van der Waals surface area contributed by atoms with Crippen LogP contribution in [0.5, 0.6) is 0 Å². The summed E-state index contributed by atoms with van der Waals surface area (Å²) in [6.45, 7) is 7.54. The molecule has 1 saturated heterocycles. The third kappa shape index (κ3) is 6.97. The van der Waals surface area contributed by atoms with Gasteiger partial charge in [0, 0.05) is 26.2 Å². The summed E-state index contributed by atoms with van der Waals surface area (Å²) in [4.78, 5) is 47.2. The summed E-state index contributed by atoms with van der Waals surface area (Å²) in [7, 11) is 0. The number of halogens is 6. The fourth-order valence-corrected chi connectivity index (χ4v) is 5.60. The van der Waals surface area contributed by atoms with E-state index in [2.05, 4.69) is 10.1 Å². The molecular weight excluding hydrogens is 669 g/mol. The minimum Gasteiger partial charge on any atom is -0.444 e. The summed E-state index contributed by atoms with van der Waals surface area (Å²) in [5.74, 6) is -2.59. The molecule has 18 heteroatoms. The molecule has 0 atom stereocenters. The van der Waals surface area contributed by atoms with Gasteiger partial charge in [-0.1, -0.05) is 24.6 Å². The summed E-state index contributed by atoms with van der Waals surface area (Å²) < 4.78 is 84.2. The molecule has 2 aliphatic heterocycles. The molecule has 2 aliphatic rings. The zero-order chi connectivity index (χ0) is 35.2. The Morgan fingerprint density at radius 1 is 1.08 bits per heavy atom. The van der Waals surface area contributed by atoms with Crippen LogP contribution >= 0.6 is 11.6 Å². The van der Waals surface area contributed by atoms with Crippen LogP contribution in [0.25, 0.3) is 11.4 Å². The van der Waals surface area contributed by atoms with Crippen molar-refractivity contribution in [1.82, 2.24) is 24.1 Å². The van der Waals surface area contributed by atoms with Gasteiger partial charge in [-0.15, -0.1) is 5.10 Å². The Morgan fingerprint density at radius 2 is 1.77 bits per heavy atom. The lowest BCUT2D eigenvalue weighted by molar-refractivity contribution is -0.154. The van der Waals surface area contributed by atoms with Crippen molar-refractivity contribution in [3.63, 3.8) is 0 Å².